The van der Waals surface area contributed by atoms with Crippen LogP contribution in [0.4, 0.5) is 0 Å². The molecule has 0 rings (SSSR count). The Morgan fingerprint density at radius 1 is 1.21 bits per heavy atom. The molecule has 82 valence electrons. The van der Waals surface area contributed by atoms with E-state index < -0.39 is 5.60 Å². The van der Waals surface area contributed by atoms with Crippen LogP contribution in [0.15, 0.2) is 23.3 Å². The standard InChI is InChI=1S/C12H21BrO/c1-5-10(3)12(14,8-7-9-13)11(4)6-2/h5-6,14H,7-9H2,1-4H3/b10-5+,11-6+. The molecular formula is C12H21BrO. The van der Waals surface area contributed by atoms with Gasteiger partial charge in [0.1, 0.15) is 5.60 Å². The van der Waals surface area contributed by atoms with Crippen LogP contribution in [-0.2, 0) is 0 Å². The van der Waals surface area contributed by atoms with E-state index in [0.29, 0.717) is 0 Å². The van der Waals surface area contributed by atoms with Gasteiger partial charge < -0.3 is 5.11 Å². The average Bonchev–Trinajstić information content (AvgIpc) is 2.23. The van der Waals surface area contributed by atoms with Crippen LogP contribution < -0.4 is 0 Å². The summed E-state index contributed by atoms with van der Waals surface area (Å²) in [4.78, 5) is 0. The first-order valence-corrected chi connectivity index (χ1v) is 6.20. The third kappa shape index (κ3) is 3.25. The molecule has 0 spiro atoms. The van der Waals surface area contributed by atoms with Crippen LogP contribution in [0.2, 0.25) is 0 Å². The average molecular weight is 261 g/mol. The normalized spacial score (nSPS) is 18.1. The molecule has 0 fully saturated rings. The van der Waals surface area contributed by atoms with Gasteiger partial charge in [0.15, 0.2) is 0 Å². The number of hydrogen-bond acceptors (Lipinski definition) is 1. The molecule has 1 N–H and O–H groups in total. The van der Waals surface area contributed by atoms with E-state index in [1.807, 2.05) is 39.8 Å². The van der Waals surface area contributed by atoms with E-state index in [1.54, 1.807) is 0 Å². The van der Waals surface area contributed by atoms with Crippen LogP contribution in [0, 0.1) is 0 Å². The zero-order valence-electron chi connectivity index (χ0n) is 9.60. The molecule has 0 aromatic heterocycles. The molecule has 2 heteroatoms. The Balaban J connectivity index is 4.85. The van der Waals surface area contributed by atoms with E-state index in [0.717, 1.165) is 29.3 Å². The van der Waals surface area contributed by atoms with E-state index in [2.05, 4.69) is 15.9 Å². The van der Waals surface area contributed by atoms with E-state index >= 15 is 0 Å². The summed E-state index contributed by atoms with van der Waals surface area (Å²) < 4.78 is 0. The zero-order chi connectivity index (χ0) is 11.2. The Hall–Kier alpha value is -0.0800. The summed E-state index contributed by atoms with van der Waals surface area (Å²) in [6, 6.07) is 0. The Bertz CT molecular complexity index is 210. The van der Waals surface area contributed by atoms with Gasteiger partial charge in [-0.25, -0.2) is 0 Å². The van der Waals surface area contributed by atoms with Crippen molar-refractivity contribution in [3.05, 3.63) is 23.3 Å². The highest BCUT2D eigenvalue weighted by Gasteiger charge is 2.29. The first kappa shape index (κ1) is 13.9. The lowest BCUT2D eigenvalue weighted by molar-refractivity contribution is 0.106. The van der Waals surface area contributed by atoms with Gasteiger partial charge >= 0.3 is 0 Å². The predicted molar refractivity (Wildman–Crippen MR) is 66.8 cm³/mol. The van der Waals surface area contributed by atoms with Crippen molar-refractivity contribution >= 4 is 15.9 Å². The van der Waals surface area contributed by atoms with Crippen molar-refractivity contribution in [3.63, 3.8) is 0 Å². The van der Waals surface area contributed by atoms with Crippen molar-refractivity contribution in [2.45, 2.75) is 46.1 Å². The van der Waals surface area contributed by atoms with Gasteiger partial charge in [0.25, 0.3) is 0 Å². The molecule has 0 heterocycles. The second-order valence-electron chi connectivity index (χ2n) is 3.60. The number of aliphatic hydroxyl groups is 1. The van der Waals surface area contributed by atoms with Gasteiger partial charge in [-0.05, 0) is 51.7 Å². The van der Waals surface area contributed by atoms with E-state index in [1.165, 1.54) is 0 Å². The highest BCUT2D eigenvalue weighted by atomic mass is 79.9. The molecule has 0 atom stereocenters. The number of hydrogen-bond donors (Lipinski definition) is 1. The molecule has 1 nitrogen and oxygen atoms in total. The summed E-state index contributed by atoms with van der Waals surface area (Å²) in [5, 5.41) is 11.5. The van der Waals surface area contributed by atoms with Gasteiger partial charge in [0.05, 0.1) is 0 Å². The Kier molecular flexibility index (Phi) is 6.38. The number of allylic oxidation sites excluding steroid dienone is 2. The molecule has 0 aliphatic carbocycles. The maximum absolute atomic E-state index is 10.5. The first-order valence-electron chi connectivity index (χ1n) is 5.08. The summed E-state index contributed by atoms with van der Waals surface area (Å²) in [5.41, 5.74) is 1.33. The van der Waals surface area contributed by atoms with Crippen LogP contribution in [-0.4, -0.2) is 16.0 Å². The molecule has 0 aromatic rings. The van der Waals surface area contributed by atoms with Crippen LogP contribution in [0.1, 0.15) is 40.5 Å². The van der Waals surface area contributed by atoms with Gasteiger partial charge in [-0.1, -0.05) is 28.1 Å². The maximum Gasteiger partial charge on any atom is 0.106 e. The van der Waals surface area contributed by atoms with Gasteiger partial charge in [-0.15, -0.1) is 0 Å². The minimum absolute atomic E-state index is 0.739. The fourth-order valence-corrected chi connectivity index (χ4v) is 1.79. The van der Waals surface area contributed by atoms with Crippen molar-refractivity contribution < 1.29 is 5.11 Å². The van der Waals surface area contributed by atoms with Gasteiger partial charge in [-0.3, -0.25) is 0 Å². The van der Waals surface area contributed by atoms with Crippen LogP contribution in [0.3, 0.4) is 0 Å². The molecule has 0 radical (unpaired) electrons. The van der Waals surface area contributed by atoms with Crippen molar-refractivity contribution in [2.75, 3.05) is 5.33 Å². The lowest BCUT2D eigenvalue weighted by Crippen LogP contribution is -2.31. The van der Waals surface area contributed by atoms with Crippen LogP contribution in [0.25, 0.3) is 0 Å². The number of halogens is 1. The second-order valence-corrected chi connectivity index (χ2v) is 4.39. The Labute approximate surface area is 96.0 Å². The second kappa shape index (κ2) is 6.41. The minimum atomic E-state index is -0.739. The van der Waals surface area contributed by atoms with Crippen molar-refractivity contribution in [2.24, 2.45) is 0 Å². The lowest BCUT2D eigenvalue weighted by atomic mass is 9.83. The fourth-order valence-electron chi connectivity index (χ4n) is 1.51. The van der Waals surface area contributed by atoms with Gasteiger partial charge in [0, 0.05) is 5.33 Å². The number of alkyl halides is 1. The highest BCUT2D eigenvalue weighted by Crippen LogP contribution is 2.30. The predicted octanol–water partition coefficient (Wildman–Crippen LogP) is 3.83. The smallest absolute Gasteiger partial charge is 0.106 e. The molecule has 0 unspecified atom stereocenters. The van der Waals surface area contributed by atoms with Gasteiger partial charge in [0.2, 0.25) is 0 Å². The van der Waals surface area contributed by atoms with Crippen LogP contribution >= 0.6 is 15.9 Å². The Morgan fingerprint density at radius 3 is 1.93 bits per heavy atom. The SMILES string of the molecule is C/C=C(\C)C(O)(CCCBr)/C(C)=C/C. The van der Waals surface area contributed by atoms with Crippen molar-refractivity contribution in [3.8, 4) is 0 Å². The van der Waals surface area contributed by atoms with Crippen LogP contribution in [0.5, 0.6) is 0 Å². The quantitative estimate of drug-likeness (QED) is 0.589. The van der Waals surface area contributed by atoms with E-state index in [9.17, 15) is 5.11 Å². The molecule has 0 bridgehead atoms. The summed E-state index contributed by atoms with van der Waals surface area (Å²) in [5.74, 6) is 0. The number of rotatable bonds is 5. The largest absolute Gasteiger partial charge is 0.381 e. The molecule has 0 aromatic carbocycles. The Morgan fingerprint density at radius 2 is 1.64 bits per heavy atom. The first-order chi connectivity index (χ1) is 6.52. The van der Waals surface area contributed by atoms with Crippen molar-refractivity contribution in [1.82, 2.24) is 0 Å². The third-order valence-corrected chi connectivity index (χ3v) is 3.40. The van der Waals surface area contributed by atoms with Crippen molar-refractivity contribution in [1.29, 1.82) is 0 Å². The van der Waals surface area contributed by atoms with Gasteiger partial charge in [-0.2, -0.15) is 0 Å². The zero-order valence-corrected chi connectivity index (χ0v) is 11.2. The molecule has 0 amide bonds. The highest BCUT2D eigenvalue weighted by molar-refractivity contribution is 9.09. The minimum Gasteiger partial charge on any atom is -0.381 e. The summed E-state index contributed by atoms with van der Waals surface area (Å²) >= 11 is 3.39. The topological polar surface area (TPSA) is 20.2 Å². The van der Waals surface area contributed by atoms with E-state index in [4.69, 9.17) is 0 Å². The van der Waals surface area contributed by atoms with E-state index in [-0.39, 0.29) is 0 Å². The summed E-state index contributed by atoms with van der Waals surface area (Å²) in [7, 11) is 0. The monoisotopic (exact) mass is 260 g/mol. The third-order valence-electron chi connectivity index (χ3n) is 2.84. The molecule has 0 saturated carbocycles. The fraction of sp³-hybridized carbons (Fsp3) is 0.667. The summed E-state index contributed by atoms with van der Waals surface area (Å²) in [6.07, 6.45) is 5.74. The molecule has 0 saturated heterocycles. The molecule has 14 heavy (non-hydrogen) atoms. The molecule has 0 aliphatic heterocycles. The molecule has 0 aliphatic rings. The lowest BCUT2D eigenvalue weighted by Gasteiger charge is -2.30. The molecular weight excluding hydrogens is 240 g/mol. The summed E-state index contributed by atoms with van der Waals surface area (Å²) in [6.45, 7) is 7.91. The maximum atomic E-state index is 10.5.